The van der Waals surface area contributed by atoms with Crippen molar-refractivity contribution in [3.05, 3.63) is 22.7 Å². The number of nitrogens with two attached hydrogens (primary N) is 1. The van der Waals surface area contributed by atoms with Gasteiger partial charge in [-0.1, -0.05) is 0 Å². The normalized spacial score (nSPS) is 16.8. The molecule has 1 rings (SSSR count). The minimum Gasteiger partial charge on any atom is -0.462 e. The summed E-state index contributed by atoms with van der Waals surface area (Å²) in [6.45, 7) is 1.36. The maximum atomic E-state index is 15.0. The number of nitrogens with one attached hydrogen (secondary N) is 1. The van der Waals surface area contributed by atoms with E-state index in [1.54, 1.807) is 13.8 Å². The van der Waals surface area contributed by atoms with E-state index in [2.05, 4.69) is 10.1 Å². The van der Waals surface area contributed by atoms with E-state index < -0.39 is 57.9 Å². The summed E-state index contributed by atoms with van der Waals surface area (Å²) in [6, 6.07) is 1.17. The molecule has 1 aromatic rings. The van der Waals surface area contributed by atoms with Crippen molar-refractivity contribution in [2.75, 3.05) is 25.6 Å². The fourth-order valence-electron chi connectivity index (χ4n) is 1.95. The number of aromatic nitrogens is 2. The topological polar surface area (TPSA) is 155 Å². The van der Waals surface area contributed by atoms with Gasteiger partial charge in [0.2, 0.25) is 0 Å². The van der Waals surface area contributed by atoms with Crippen LogP contribution in [0.15, 0.2) is 17.1 Å². The number of ether oxygens (including phenoxy) is 2. The highest BCUT2D eigenvalue weighted by molar-refractivity contribution is 7.36. The molecule has 0 aliphatic rings. The molecule has 0 aromatic carbocycles. The van der Waals surface area contributed by atoms with Crippen LogP contribution in [-0.2, 0) is 23.4 Å². The van der Waals surface area contributed by atoms with Gasteiger partial charge in [-0.25, -0.2) is 18.7 Å². The molecule has 0 spiro atoms. The first kappa shape index (κ1) is 25.1. The number of esters is 1. The summed E-state index contributed by atoms with van der Waals surface area (Å²) in [5.41, 5.74) is 4.34. The van der Waals surface area contributed by atoms with E-state index in [-0.39, 0.29) is 11.9 Å². The highest BCUT2D eigenvalue weighted by atomic mass is 31.1. The molecule has 0 amide bonds. The molecule has 166 valence electrons. The summed E-state index contributed by atoms with van der Waals surface area (Å²) in [7, 11) is -3.13. The molecule has 0 fully saturated rings. The fraction of sp³-hybridized carbons (Fsp3) is 0.667. The van der Waals surface area contributed by atoms with E-state index in [1.807, 2.05) is 0 Å². The average Bonchev–Trinajstić information content (AvgIpc) is 2.62. The molecule has 0 bridgehead atoms. The number of anilines is 1. The van der Waals surface area contributed by atoms with Gasteiger partial charge in [0.05, 0.1) is 6.10 Å². The molecule has 1 unspecified atom stereocenters. The Balaban J connectivity index is 2.76. The second-order valence-corrected chi connectivity index (χ2v) is 7.42. The zero-order chi connectivity index (χ0) is 22.2. The van der Waals surface area contributed by atoms with Crippen molar-refractivity contribution in [2.45, 2.75) is 45.1 Å². The van der Waals surface area contributed by atoms with Crippen LogP contribution in [0.5, 0.6) is 0 Å². The van der Waals surface area contributed by atoms with Crippen molar-refractivity contribution in [2.24, 2.45) is 0 Å². The van der Waals surface area contributed by atoms with Crippen LogP contribution in [0.2, 0.25) is 0 Å². The van der Waals surface area contributed by atoms with Gasteiger partial charge < -0.3 is 24.8 Å². The maximum Gasteiger partial charge on any atom is 0.351 e. The monoisotopic (exact) mass is 442 g/mol. The van der Waals surface area contributed by atoms with Crippen molar-refractivity contribution in [3.8, 4) is 0 Å². The second kappa shape index (κ2) is 11.3. The predicted molar refractivity (Wildman–Crippen MR) is 98.7 cm³/mol. The Morgan fingerprint density at radius 2 is 2.14 bits per heavy atom. The number of hydrogen-bond donors (Lipinski definition) is 3. The number of carbonyl (C=O) groups is 1. The Hall–Kier alpha value is -1.92. The Kier molecular flexibility index (Phi) is 9.80. The number of aliphatic hydroxyl groups excluding tert-OH is 1. The molecular formula is C15H25F2N4O7P. The fourth-order valence-corrected chi connectivity index (χ4v) is 2.67. The zero-order valence-corrected chi connectivity index (χ0v) is 17.1. The van der Waals surface area contributed by atoms with Crippen LogP contribution in [0.3, 0.4) is 0 Å². The van der Waals surface area contributed by atoms with Gasteiger partial charge in [-0.3, -0.25) is 13.9 Å². The molecule has 29 heavy (non-hydrogen) atoms. The molecule has 1 aromatic heterocycles. The number of rotatable bonds is 12. The molecule has 1 heterocycles. The summed E-state index contributed by atoms with van der Waals surface area (Å²) >= 11 is 0. The highest BCUT2D eigenvalue weighted by Crippen LogP contribution is 2.29. The van der Waals surface area contributed by atoms with Gasteiger partial charge in [-0.2, -0.15) is 4.98 Å². The molecule has 0 aliphatic carbocycles. The Bertz CT molecular complexity index is 764. The standard InChI is InChI=1S/C15H25F2N4O7P/c1-9(2)27-13(23)7-19-29(25)26-8-15(17,10(3)22)28-12(6-16)21-5-4-11(18)20-14(21)24/h4-5,9-10,12,22,29H,6-8H2,1-3H3,(H,19,25)(H2,18,20,24)/t10-,12+,15+/m0/s1. The third-order valence-corrected chi connectivity index (χ3v) is 4.27. The lowest BCUT2D eigenvalue weighted by Gasteiger charge is -2.31. The Morgan fingerprint density at radius 3 is 2.66 bits per heavy atom. The number of alkyl halides is 2. The van der Waals surface area contributed by atoms with E-state index in [0.29, 0.717) is 4.57 Å². The number of carbonyl (C=O) groups excluding carboxylic acids is 1. The molecule has 0 saturated heterocycles. The maximum absolute atomic E-state index is 15.0. The number of nitrogens with zero attached hydrogens (tertiary/aromatic N) is 2. The van der Waals surface area contributed by atoms with E-state index in [9.17, 15) is 23.7 Å². The lowest BCUT2D eigenvalue weighted by Crippen LogP contribution is -2.46. The zero-order valence-electron chi connectivity index (χ0n) is 16.1. The van der Waals surface area contributed by atoms with Crippen LogP contribution in [0.4, 0.5) is 14.6 Å². The van der Waals surface area contributed by atoms with Crippen LogP contribution in [0.25, 0.3) is 0 Å². The summed E-state index contributed by atoms with van der Waals surface area (Å²) in [4.78, 5) is 26.5. The third-order valence-electron chi connectivity index (χ3n) is 3.39. The lowest BCUT2D eigenvalue weighted by atomic mass is 10.2. The molecular weight excluding hydrogens is 417 g/mol. The number of aliphatic hydroxyl groups is 1. The first-order valence-corrected chi connectivity index (χ1v) is 9.85. The van der Waals surface area contributed by atoms with E-state index in [4.69, 9.17) is 19.7 Å². The minimum atomic E-state index is -3.13. The average molecular weight is 442 g/mol. The molecule has 11 nitrogen and oxygen atoms in total. The van der Waals surface area contributed by atoms with Gasteiger partial charge in [0.25, 0.3) is 14.0 Å². The van der Waals surface area contributed by atoms with Crippen molar-refractivity contribution in [3.63, 3.8) is 0 Å². The molecule has 0 saturated carbocycles. The van der Waals surface area contributed by atoms with Crippen LogP contribution in [-0.4, -0.2) is 58.5 Å². The smallest absolute Gasteiger partial charge is 0.351 e. The van der Waals surface area contributed by atoms with Crippen LogP contribution < -0.4 is 16.5 Å². The van der Waals surface area contributed by atoms with Gasteiger partial charge >= 0.3 is 11.7 Å². The van der Waals surface area contributed by atoms with E-state index >= 15 is 4.39 Å². The van der Waals surface area contributed by atoms with Gasteiger partial charge in [-0.15, -0.1) is 0 Å². The minimum absolute atomic E-state index is 0.130. The largest absolute Gasteiger partial charge is 0.462 e. The van der Waals surface area contributed by atoms with Crippen molar-refractivity contribution in [1.29, 1.82) is 0 Å². The predicted octanol–water partition coefficient (Wildman–Crippen LogP) is 0.304. The van der Waals surface area contributed by atoms with Crippen molar-refractivity contribution < 1.29 is 37.2 Å². The first-order valence-electron chi connectivity index (χ1n) is 8.54. The van der Waals surface area contributed by atoms with Gasteiger partial charge in [0.1, 0.15) is 31.7 Å². The number of nitrogen functional groups attached to an aromatic ring is 1. The Labute approximate surface area is 166 Å². The molecule has 4 atom stereocenters. The summed E-state index contributed by atoms with van der Waals surface area (Å²) < 4.78 is 55.3. The van der Waals surface area contributed by atoms with Gasteiger partial charge in [0, 0.05) is 6.20 Å². The van der Waals surface area contributed by atoms with Gasteiger partial charge in [0.15, 0.2) is 6.23 Å². The van der Waals surface area contributed by atoms with E-state index in [0.717, 1.165) is 13.1 Å². The summed E-state index contributed by atoms with van der Waals surface area (Å²) in [5.74, 6) is -3.86. The van der Waals surface area contributed by atoms with Crippen molar-refractivity contribution >= 4 is 20.0 Å². The van der Waals surface area contributed by atoms with E-state index in [1.165, 1.54) is 6.07 Å². The second-order valence-electron chi connectivity index (χ2n) is 6.20. The Morgan fingerprint density at radius 1 is 1.48 bits per heavy atom. The SMILES string of the molecule is CC(C)OC(=O)CN[PH](=O)OC[C@@](F)(O[C@H](CF)n1ccc(N)nc1=O)[C@H](C)O. The van der Waals surface area contributed by atoms with Crippen molar-refractivity contribution in [1.82, 2.24) is 14.6 Å². The van der Waals surface area contributed by atoms with Crippen LogP contribution >= 0.6 is 8.18 Å². The number of halogens is 2. The third kappa shape index (κ3) is 8.15. The molecule has 0 radical (unpaired) electrons. The quantitative estimate of drug-likeness (QED) is 0.304. The molecule has 14 heteroatoms. The van der Waals surface area contributed by atoms with Crippen LogP contribution in [0.1, 0.15) is 27.0 Å². The van der Waals surface area contributed by atoms with Crippen LogP contribution in [0, 0.1) is 0 Å². The number of hydrogen-bond acceptors (Lipinski definition) is 9. The molecule has 0 aliphatic heterocycles. The summed E-state index contributed by atoms with van der Waals surface area (Å²) in [5, 5.41) is 11.9. The summed E-state index contributed by atoms with van der Waals surface area (Å²) in [6.07, 6.45) is -2.98. The first-order chi connectivity index (χ1) is 13.5. The lowest BCUT2D eigenvalue weighted by molar-refractivity contribution is -0.260. The molecule has 4 N–H and O–H groups in total. The van der Waals surface area contributed by atoms with Gasteiger partial charge in [-0.05, 0) is 26.8 Å². The highest BCUT2D eigenvalue weighted by Gasteiger charge is 2.41.